The van der Waals surface area contributed by atoms with Gasteiger partial charge in [-0.3, -0.25) is 0 Å². The molecule has 0 amide bonds. The standard InChI is InChI=1S/C22H32/c1-6-9-13-19-18(8-3)17(5)22-16(4)12-11-15-21(22)20(19)14-10-7-2/h11-12,15H,6-10,13-14H2,1-5H3. The average Bonchev–Trinajstić information content (AvgIpc) is 2.52. The molecule has 0 fully saturated rings. The van der Waals surface area contributed by atoms with E-state index in [-0.39, 0.29) is 0 Å². The summed E-state index contributed by atoms with van der Waals surface area (Å²) in [6.07, 6.45) is 8.81. The molecule has 0 aliphatic rings. The molecule has 0 atom stereocenters. The smallest absolute Gasteiger partial charge is 0.0120 e. The molecule has 0 N–H and O–H groups in total. The molecule has 0 unspecified atom stereocenters. The Balaban J connectivity index is 2.76. The van der Waals surface area contributed by atoms with Crippen molar-refractivity contribution >= 4 is 10.8 Å². The first-order valence-electron chi connectivity index (χ1n) is 9.18. The zero-order valence-corrected chi connectivity index (χ0v) is 15.2. The molecule has 2 aromatic carbocycles. The van der Waals surface area contributed by atoms with E-state index in [0.717, 1.165) is 6.42 Å². The van der Waals surface area contributed by atoms with Crippen molar-refractivity contribution in [3.05, 3.63) is 46.0 Å². The van der Waals surface area contributed by atoms with Gasteiger partial charge >= 0.3 is 0 Å². The molecule has 0 heteroatoms. The van der Waals surface area contributed by atoms with E-state index in [2.05, 4.69) is 52.8 Å². The Kier molecular flexibility index (Phi) is 6.06. The van der Waals surface area contributed by atoms with Crippen LogP contribution in [0.5, 0.6) is 0 Å². The lowest BCUT2D eigenvalue weighted by atomic mass is 9.83. The fourth-order valence-electron chi connectivity index (χ4n) is 3.91. The van der Waals surface area contributed by atoms with Crippen LogP contribution in [0.25, 0.3) is 10.8 Å². The SMILES string of the molecule is CCCCc1c(CC)c(C)c2c(C)cccc2c1CCCC. The summed E-state index contributed by atoms with van der Waals surface area (Å²) in [6, 6.07) is 6.86. The number of hydrogen-bond donors (Lipinski definition) is 0. The average molecular weight is 296 g/mol. The summed E-state index contributed by atoms with van der Waals surface area (Å²) in [4.78, 5) is 0. The molecular formula is C22H32. The third-order valence-electron chi connectivity index (χ3n) is 5.07. The van der Waals surface area contributed by atoms with Crippen molar-refractivity contribution in [2.45, 2.75) is 79.6 Å². The summed E-state index contributed by atoms with van der Waals surface area (Å²) in [5.74, 6) is 0. The minimum absolute atomic E-state index is 1.16. The Bertz CT molecular complexity index is 634. The Morgan fingerprint density at radius 3 is 2.00 bits per heavy atom. The van der Waals surface area contributed by atoms with Gasteiger partial charge in [-0.1, -0.05) is 51.8 Å². The zero-order valence-electron chi connectivity index (χ0n) is 15.2. The maximum atomic E-state index is 2.36. The van der Waals surface area contributed by atoms with Crippen molar-refractivity contribution < 1.29 is 0 Å². The monoisotopic (exact) mass is 296 g/mol. The quantitative estimate of drug-likeness (QED) is 0.533. The number of fused-ring (bicyclic) bond motifs is 1. The van der Waals surface area contributed by atoms with Crippen molar-refractivity contribution in [2.75, 3.05) is 0 Å². The maximum absolute atomic E-state index is 2.36. The number of hydrogen-bond acceptors (Lipinski definition) is 0. The van der Waals surface area contributed by atoms with Gasteiger partial charge in [0, 0.05) is 0 Å². The van der Waals surface area contributed by atoms with Crippen LogP contribution in [0.15, 0.2) is 18.2 Å². The number of rotatable bonds is 7. The molecule has 120 valence electrons. The molecule has 0 aliphatic heterocycles. The van der Waals surface area contributed by atoms with Gasteiger partial charge in [-0.2, -0.15) is 0 Å². The normalized spacial score (nSPS) is 11.3. The zero-order chi connectivity index (χ0) is 16.1. The predicted molar refractivity (Wildman–Crippen MR) is 100 cm³/mol. The molecule has 0 saturated carbocycles. The van der Waals surface area contributed by atoms with Crippen LogP contribution in [0.1, 0.15) is 74.3 Å². The molecule has 2 aromatic rings. The Morgan fingerprint density at radius 2 is 1.41 bits per heavy atom. The first-order chi connectivity index (χ1) is 10.7. The second-order valence-electron chi connectivity index (χ2n) is 6.62. The van der Waals surface area contributed by atoms with E-state index in [0.29, 0.717) is 0 Å². The Labute approximate surface area is 136 Å². The molecule has 0 saturated heterocycles. The largest absolute Gasteiger partial charge is 0.0654 e. The number of benzene rings is 2. The lowest BCUT2D eigenvalue weighted by molar-refractivity contribution is 0.754. The van der Waals surface area contributed by atoms with Crippen molar-refractivity contribution in [1.29, 1.82) is 0 Å². The van der Waals surface area contributed by atoms with E-state index in [1.165, 1.54) is 60.4 Å². The van der Waals surface area contributed by atoms with Gasteiger partial charge in [0.05, 0.1) is 0 Å². The first-order valence-corrected chi connectivity index (χ1v) is 9.18. The van der Waals surface area contributed by atoms with E-state index in [1.54, 1.807) is 16.7 Å². The molecule has 22 heavy (non-hydrogen) atoms. The minimum Gasteiger partial charge on any atom is -0.0654 e. The summed E-state index contributed by atoms with van der Waals surface area (Å²) in [5.41, 5.74) is 7.91. The van der Waals surface area contributed by atoms with Gasteiger partial charge in [0.25, 0.3) is 0 Å². The van der Waals surface area contributed by atoms with Crippen LogP contribution in [0, 0.1) is 13.8 Å². The van der Waals surface area contributed by atoms with E-state index in [9.17, 15) is 0 Å². The van der Waals surface area contributed by atoms with Crippen LogP contribution >= 0.6 is 0 Å². The highest BCUT2D eigenvalue weighted by Gasteiger charge is 2.16. The van der Waals surface area contributed by atoms with Crippen LogP contribution in [0.2, 0.25) is 0 Å². The summed E-state index contributed by atoms with van der Waals surface area (Å²) >= 11 is 0. The maximum Gasteiger partial charge on any atom is -0.0120 e. The molecule has 0 heterocycles. The van der Waals surface area contributed by atoms with Gasteiger partial charge in [-0.25, -0.2) is 0 Å². The van der Waals surface area contributed by atoms with Crippen LogP contribution in [-0.2, 0) is 19.3 Å². The van der Waals surface area contributed by atoms with Gasteiger partial charge in [0.1, 0.15) is 0 Å². The van der Waals surface area contributed by atoms with Crippen molar-refractivity contribution in [3.63, 3.8) is 0 Å². The number of aryl methyl sites for hydroxylation is 3. The van der Waals surface area contributed by atoms with E-state index < -0.39 is 0 Å². The molecule has 0 nitrogen and oxygen atoms in total. The highest BCUT2D eigenvalue weighted by atomic mass is 14.2. The first kappa shape index (κ1) is 17.1. The summed E-state index contributed by atoms with van der Waals surface area (Å²) in [6.45, 7) is 11.5. The van der Waals surface area contributed by atoms with Crippen LogP contribution < -0.4 is 0 Å². The fraction of sp³-hybridized carbons (Fsp3) is 0.545. The second kappa shape index (κ2) is 7.81. The fourth-order valence-corrected chi connectivity index (χ4v) is 3.91. The van der Waals surface area contributed by atoms with Gasteiger partial charge in [0.15, 0.2) is 0 Å². The number of unbranched alkanes of at least 4 members (excludes halogenated alkanes) is 2. The Morgan fingerprint density at radius 1 is 0.773 bits per heavy atom. The van der Waals surface area contributed by atoms with Crippen LogP contribution in [0.3, 0.4) is 0 Å². The second-order valence-corrected chi connectivity index (χ2v) is 6.62. The van der Waals surface area contributed by atoms with Gasteiger partial charge in [0.2, 0.25) is 0 Å². The van der Waals surface area contributed by atoms with Gasteiger partial charge in [-0.15, -0.1) is 0 Å². The molecule has 0 spiro atoms. The molecule has 0 aromatic heterocycles. The Hall–Kier alpha value is -1.30. The molecule has 0 radical (unpaired) electrons. The van der Waals surface area contributed by atoms with Gasteiger partial charge in [-0.05, 0) is 84.5 Å². The highest BCUT2D eigenvalue weighted by Crippen LogP contribution is 2.34. The third kappa shape index (κ3) is 3.21. The van der Waals surface area contributed by atoms with Crippen LogP contribution in [-0.4, -0.2) is 0 Å². The molecule has 2 rings (SSSR count). The third-order valence-corrected chi connectivity index (χ3v) is 5.07. The van der Waals surface area contributed by atoms with Gasteiger partial charge < -0.3 is 0 Å². The molecule has 0 aliphatic carbocycles. The molecular weight excluding hydrogens is 264 g/mol. The minimum atomic E-state index is 1.16. The lowest BCUT2D eigenvalue weighted by Gasteiger charge is -2.22. The predicted octanol–water partition coefficient (Wildman–Crippen LogP) is 6.70. The van der Waals surface area contributed by atoms with Crippen molar-refractivity contribution in [1.82, 2.24) is 0 Å². The van der Waals surface area contributed by atoms with Crippen molar-refractivity contribution in [3.8, 4) is 0 Å². The summed E-state index contributed by atoms with van der Waals surface area (Å²) in [5, 5.41) is 3.04. The van der Waals surface area contributed by atoms with E-state index >= 15 is 0 Å². The van der Waals surface area contributed by atoms with Crippen LogP contribution in [0.4, 0.5) is 0 Å². The lowest BCUT2D eigenvalue weighted by Crippen LogP contribution is -2.05. The van der Waals surface area contributed by atoms with Crippen molar-refractivity contribution in [2.24, 2.45) is 0 Å². The van der Waals surface area contributed by atoms with E-state index in [1.807, 2.05) is 0 Å². The molecule has 0 bridgehead atoms. The summed E-state index contributed by atoms with van der Waals surface area (Å²) in [7, 11) is 0. The van der Waals surface area contributed by atoms with E-state index in [4.69, 9.17) is 0 Å². The summed E-state index contributed by atoms with van der Waals surface area (Å²) < 4.78 is 0. The topological polar surface area (TPSA) is 0 Å². The highest BCUT2D eigenvalue weighted by molar-refractivity contribution is 5.93.